The predicted octanol–water partition coefficient (Wildman–Crippen LogP) is 2.67. The van der Waals surface area contributed by atoms with E-state index < -0.39 is 21.7 Å². The fourth-order valence-corrected chi connectivity index (χ4v) is 9.70. The van der Waals surface area contributed by atoms with Crippen molar-refractivity contribution < 1.29 is 28.3 Å². The maximum Gasteiger partial charge on any atom is 0.431 e. The van der Waals surface area contributed by atoms with Crippen LogP contribution in [0.25, 0.3) is 0 Å². The molecule has 6 aliphatic rings. The fraction of sp³-hybridized carbons (Fsp3) is 0.581. The van der Waals surface area contributed by atoms with Crippen LogP contribution in [0.4, 0.5) is 27.5 Å². The molecule has 11 nitrogen and oxygen atoms in total. The molecule has 4 bridgehead atoms. The summed E-state index contributed by atoms with van der Waals surface area (Å²) in [4.78, 5) is 23.4. The first-order chi connectivity index (χ1) is 20.7. The fourth-order valence-electron chi connectivity index (χ4n) is 8.49. The van der Waals surface area contributed by atoms with E-state index in [9.17, 15) is 18.3 Å². The second kappa shape index (κ2) is 11.1. The predicted molar refractivity (Wildman–Crippen MR) is 164 cm³/mol. The summed E-state index contributed by atoms with van der Waals surface area (Å²) in [7, 11) is -3.41. The molecule has 3 unspecified atom stereocenters. The number of amides is 1. The van der Waals surface area contributed by atoms with E-state index in [-0.39, 0.29) is 18.4 Å². The molecule has 0 aromatic heterocycles. The molecule has 43 heavy (non-hydrogen) atoms. The second-order valence-corrected chi connectivity index (χ2v) is 15.0. The van der Waals surface area contributed by atoms with Crippen LogP contribution in [-0.4, -0.2) is 92.3 Å². The van der Waals surface area contributed by atoms with Gasteiger partial charge in [-0.3, -0.25) is 0 Å². The van der Waals surface area contributed by atoms with E-state index in [0.717, 1.165) is 54.9 Å². The highest BCUT2D eigenvalue weighted by Crippen LogP contribution is 2.55. The minimum Gasteiger partial charge on any atom is -0.395 e. The number of anilines is 4. The Morgan fingerprint density at radius 1 is 0.884 bits per heavy atom. The zero-order valence-electron chi connectivity index (χ0n) is 24.3. The van der Waals surface area contributed by atoms with Crippen LogP contribution < -0.4 is 20.2 Å². The summed E-state index contributed by atoms with van der Waals surface area (Å²) in [5.74, 6) is 0.981. The maximum atomic E-state index is 13.1. The number of nitrogens with one attached hydrogen (secondary N) is 1. The molecule has 1 saturated heterocycles. The molecule has 4 aliphatic carbocycles. The van der Waals surface area contributed by atoms with E-state index in [1.807, 2.05) is 24.3 Å². The van der Waals surface area contributed by atoms with Crippen molar-refractivity contribution >= 4 is 38.9 Å². The molecule has 0 radical (unpaired) electrons. The summed E-state index contributed by atoms with van der Waals surface area (Å²) >= 11 is 0. The quantitative estimate of drug-likeness (QED) is 0.433. The standard InChI is InChI=1S/C31H41N5O6S/c37-15-16-43(40,41)34-11-9-33(10-12-34)25-5-7-26(8-6-25)35-13-14-36(28-4-2-1-3-27(28)35)42-30(38)32-29-23-17-22-18-24(29)21-31(39,19-22)20-23/h1-8,22-24,29,37,39H,9-21H2,(H,32,38)/t22?,23-,24+,29?,31?. The van der Waals surface area contributed by atoms with E-state index in [1.165, 1.54) is 4.31 Å². The van der Waals surface area contributed by atoms with Gasteiger partial charge >= 0.3 is 6.09 Å². The first-order valence-electron chi connectivity index (χ1n) is 15.5. The molecule has 2 heterocycles. The number of aliphatic hydroxyl groups excluding tert-OH is 1. The van der Waals surface area contributed by atoms with Crippen molar-refractivity contribution in [1.82, 2.24) is 9.62 Å². The SMILES string of the molecule is O=C(NC1[C@@H]2CC3C[C@H]1CC(O)(C3)C2)ON1CCN(c2ccc(N3CCN(S(=O)(=O)CCO)CC3)cc2)c2ccccc21. The van der Waals surface area contributed by atoms with Gasteiger partial charge in [0.15, 0.2) is 0 Å². The minimum atomic E-state index is -3.41. The Kier molecular flexibility index (Phi) is 7.43. The highest BCUT2D eigenvalue weighted by Gasteiger charge is 2.55. The molecule has 0 spiro atoms. The van der Waals surface area contributed by atoms with Crippen LogP contribution in [0.2, 0.25) is 0 Å². The van der Waals surface area contributed by atoms with Gasteiger partial charge in [-0.05, 0) is 86.3 Å². The van der Waals surface area contributed by atoms with Crippen molar-refractivity contribution in [3.63, 3.8) is 0 Å². The van der Waals surface area contributed by atoms with E-state index >= 15 is 0 Å². The van der Waals surface area contributed by atoms with Crippen molar-refractivity contribution in [2.75, 3.05) is 66.5 Å². The van der Waals surface area contributed by atoms with E-state index in [0.29, 0.717) is 57.0 Å². The Bertz CT molecular complexity index is 1430. The van der Waals surface area contributed by atoms with E-state index in [1.54, 1.807) is 5.06 Å². The van der Waals surface area contributed by atoms with Gasteiger partial charge in [0.2, 0.25) is 10.0 Å². The van der Waals surface area contributed by atoms with Crippen LogP contribution in [0.1, 0.15) is 32.1 Å². The third kappa shape index (κ3) is 5.54. The Morgan fingerprint density at radius 2 is 1.53 bits per heavy atom. The van der Waals surface area contributed by atoms with Crippen molar-refractivity contribution in [2.24, 2.45) is 17.8 Å². The summed E-state index contributed by atoms with van der Waals surface area (Å²) in [5, 5.41) is 24.8. The number of hydrogen-bond acceptors (Lipinski definition) is 9. The average Bonchev–Trinajstić information content (AvgIpc) is 2.99. The molecule has 1 amide bonds. The molecule has 5 atom stereocenters. The number of hydrogen-bond donors (Lipinski definition) is 3. The van der Waals surface area contributed by atoms with Crippen LogP contribution in [0.3, 0.4) is 0 Å². The first-order valence-corrected chi connectivity index (χ1v) is 17.1. The summed E-state index contributed by atoms with van der Waals surface area (Å²) in [6, 6.07) is 16.3. The zero-order valence-corrected chi connectivity index (χ0v) is 25.2. The number of aliphatic hydroxyl groups is 2. The summed E-state index contributed by atoms with van der Waals surface area (Å²) < 4.78 is 26.0. The lowest BCUT2D eigenvalue weighted by Crippen LogP contribution is -2.62. The monoisotopic (exact) mass is 611 g/mol. The van der Waals surface area contributed by atoms with Crippen LogP contribution in [-0.2, 0) is 14.9 Å². The van der Waals surface area contributed by atoms with Crippen molar-refractivity contribution in [1.29, 1.82) is 0 Å². The smallest absolute Gasteiger partial charge is 0.395 e. The third-order valence-corrected chi connectivity index (χ3v) is 12.0. The van der Waals surface area contributed by atoms with Gasteiger partial charge in [0, 0.05) is 50.1 Å². The van der Waals surface area contributed by atoms with Gasteiger partial charge in [-0.1, -0.05) is 12.1 Å². The maximum absolute atomic E-state index is 13.1. The van der Waals surface area contributed by atoms with Gasteiger partial charge in [-0.25, -0.2) is 18.3 Å². The summed E-state index contributed by atoms with van der Waals surface area (Å²) in [6.07, 6.45) is 4.18. The first kappa shape index (κ1) is 28.7. The number of rotatable bonds is 7. The van der Waals surface area contributed by atoms with Crippen LogP contribution in [0.5, 0.6) is 0 Å². The second-order valence-electron chi connectivity index (χ2n) is 12.9. The minimum absolute atomic E-state index is 0.0623. The number of carbonyl (C=O) groups is 1. The molecule has 5 fully saturated rings. The van der Waals surface area contributed by atoms with Gasteiger partial charge < -0.3 is 30.2 Å². The molecule has 4 saturated carbocycles. The Morgan fingerprint density at radius 3 is 2.19 bits per heavy atom. The topological polar surface area (TPSA) is 126 Å². The normalized spacial score (nSPS) is 30.3. The number of nitrogens with zero attached hydrogens (tertiary/aromatic N) is 4. The number of hydroxylamine groups is 1. The Balaban J connectivity index is 0.990. The molecule has 3 N–H and O–H groups in total. The van der Waals surface area contributed by atoms with Gasteiger partial charge in [-0.15, -0.1) is 0 Å². The third-order valence-electron chi connectivity index (χ3n) is 10.2. The van der Waals surface area contributed by atoms with Crippen molar-refractivity contribution in [3.8, 4) is 0 Å². The highest BCUT2D eigenvalue weighted by molar-refractivity contribution is 7.89. The van der Waals surface area contributed by atoms with E-state index in [2.05, 4.69) is 39.4 Å². The molecule has 2 aromatic rings. The Labute approximate surface area is 253 Å². The van der Waals surface area contributed by atoms with Crippen molar-refractivity contribution in [3.05, 3.63) is 48.5 Å². The lowest BCUT2D eigenvalue weighted by molar-refractivity contribution is -0.137. The van der Waals surface area contributed by atoms with Gasteiger partial charge in [0.25, 0.3) is 0 Å². The number of piperazine rings is 1. The molecule has 2 aliphatic heterocycles. The number of para-hydroxylation sites is 2. The number of sulfonamides is 1. The summed E-state index contributed by atoms with van der Waals surface area (Å²) in [5.41, 5.74) is 3.30. The van der Waals surface area contributed by atoms with Gasteiger partial charge in [0.1, 0.15) is 0 Å². The number of benzene rings is 2. The summed E-state index contributed by atoms with van der Waals surface area (Å²) in [6.45, 7) is 2.76. The van der Waals surface area contributed by atoms with Crippen molar-refractivity contribution in [2.45, 2.75) is 43.7 Å². The molecule has 232 valence electrons. The van der Waals surface area contributed by atoms with Crippen LogP contribution in [0, 0.1) is 17.8 Å². The molecular weight excluding hydrogens is 570 g/mol. The Hall–Kier alpha value is -3.06. The number of carbonyl (C=O) groups excluding carboxylic acids is 1. The number of fused-ring (bicyclic) bond motifs is 1. The molecule has 8 rings (SSSR count). The molecule has 12 heteroatoms. The molecule has 2 aromatic carbocycles. The average molecular weight is 612 g/mol. The van der Waals surface area contributed by atoms with Crippen LogP contribution in [0.15, 0.2) is 48.5 Å². The lowest BCUT2D eigenvalue weighted by atomic mass is 9.52. The highest BCUT2D eigenvalue weighted by atomic mass is 32.2. The van der Waals surface area contributed by atoms with Crippen LogP contribution >= 0.6 is 0 Å². The lowest BCUT2D eigenvalue weighted by Gasteiger charge is -2.57. The molecular formula is C31H41N5O6S. The zero-order chi connectivity index (χ0) is 29.8. The van der Waals surface area contributed by atoms with Gasteiger partial charge in [-0.2, -0.15) is 4.31 Å². The van der Waals surface area contributed by atoms with E-state index in [4.69, 9.17) is 9.94 Å². The largest absolute Gasteiger partial charge is 0.431 e. The van der Waals surface area contributed by atoms with Gasteiger partial charge in [0.05, 0.1) is 35.9 Å².